The number of nitrogens with one attached hydrogen (secondary N) is 2. The van der Waals surface area contributed by atoms with E-state index >= 15 is 0 Å². The van der Waals surface area contributed by atoms with Crippen LogP contribution in [-0.4, -0.2) is 24.0 Å². The van der Waals surface area contributed by atoms with Gasteiger partial charge in [-0.05, 0) is 48.1 Å². The number of pyridine rings is 1. The summed E-state index contributed by atoms with van der Waals surface area (Å²) in [5.74, 6) is 1.39. The number of aromatic nitrogens is 1. The van der Waals surface area contributed by atoms with Crippen LogP contribution in [0.4, 0.5) is 5.82 Å². The quantitative estimate of drug-likeness (QED) is 0.898. The number of carbonyl (C=O) groups excluding carboxylic acids is 1. The van der Waals surface area contributed by atoms with Crippen LogP contribution in [-0.2, 0) is 0 Å². The van der Waals surface area contributed by atoms with Crippen LogP contribution < -0.4 is 10.6 Å². The summed E-state index contributed by atoms with van der Waals surface area (Å²) >= 11 is 0. The summed E-state index contributed by atoms with van der Waals surface area (Å²) in [6.07, 6.45) is 3.74. The average Bonchev–Trinajstić information content (AvgIpc) is 2.94. The summed E-state index contributed by atoms with van der Waals surface area (Å²) in [6, 6.07) is 5.73. The van der Waals surface area contributed by atoms with Gasteiger partial charge in [0.1, 0.15) is 11.5 Å². The third kappa shape index (κ3) is 2.21. The Bertz CT molecular complexity index is 564. The molecule has 0 radical (unpaired) electrons. The summed E-state index contributed by atoms with van der Waals surface area (Å²) in [7, 11) is 1.81. The molecular formula is C17H25N3O. The number of hydrogen-bond acceptors (Lipinski definition) is 3. The zero-order valence-corrected chi connectivity index (χ0v) is 13.4. The fraction of sp³-hybridized carbons (Fsp3) is 0.647. The van der Waals surface area contributed by atoms with Crippen LogP contribution in [0, 0.1) is 16.7 Å². The maximum absolute atomic E-state index is 12.6. The minimum atomic E-state index is -0.0565. The number of anilines is 1. The molecule has 2 aliphatic rings. The van der Waals surface area contributed by atoms with E-state index in [4.69, 9.17) is 0 Å². The van der Waals surface area contributed by atoms with Gasteiger partial charge >= 0.3 is 0 Å². The van der Waals surface area contributed by atoms with Gasteiger partial charge in [0.15, 0.2) is 0 Å². The number of fused-ring (bicyclic) bond motifs is 2. The predicted molar refractivity (Wildman–Crippen MR) is 84.3 cm³/mol. The Kier molecular flexibility index (Phi) is 3.23. The van der Waals surface area contributed by atoms with Crippen LogP contribution in [0.5, 0.6) is 0 Å². The van der Waals surface area contributed by atoms with Gasteiger partial charge in [0.2, 0.25) is 0 Å². The highest BCUT2D eigenvalue weighted by molar-refractivity contribution is 5.93. The van der Waals surface area contributed by atoms with E-state index < -0.39 is 0 Å². The highest BCUT2D eigenvalue weighted by atomic mass is 16.2. The molecule has 2 bridgehead atoms. The van der Waals surface area contributed by atoms with Gasteiger partial charge in [0.05, 0.1) is 0 Å². The summed E-state index contributed by atoms with van der Waals surface area (Å²) in [5, 5.41) is 6.25. The van der Waals surface area contributed by atoms with Crippen LogP contribution in [0.1, 0.15) is 50.5 Å². The van der Waals surface area contributed by atoms with Crippen molar-refractivity contribution in [2.75, 3.05) is 12.4 Å². The van der Waals surface area contributed by atoms with Gasteiger partial charge in [0, 0.05) is 13.1 Å². The maximum atomic E-state index is 12.6. The van der Waals surface area contributed by atoms with E-state index in [0.29, 0.717) is 5.69 Å². The van der Waals surface area contributed by atoms with E-state index in [1.165, 1.54) is 19.3 Å². The van der Waals surface area contributed by atoms with E-state index in [1.54, 1.807) is 6.07 Å². The fourth-order valence-electron chi connectivity index (χ4n) is 4.57. The molecule has 4 heteroatoms. The van der Waals surface area contributed by atoms with Gasteiger partial charge in [-0.15, -0.1) is 0 Å². The highest BCUT2D eigenvalue weighted by Crippen LogP contribution is 2.62. The second-order valence-electron chi connectivity index (χ2n) is 7.48. The van der Waals surface area contributed by atoms with Gasteiger partial charge in [-0.1, -0.05) is 26.8 Å². The molecule has 1 aromatic rings. The molecule has 3 unspecified atom stereocenters. The van der Waals surface area contributed by atoms with E-state index in [0.717, 1.165) is 11.7 Å². The van der Waals surface area contributed by atoms with Crippen molar-refractivity contribution >= 4 is 11.7 Å². The van der Waals surface area contributed by atoms with Crippen LogP contribution >= 0.6 is 0 Å². The summed E-state index contributed by atoms with van der Waals surface area (Å²) < 4.78 is 0. The van der Waals surface area contributed by atoms with Gasteiger partial charge in [0.25, 0.3) is 5.91 Å². The maximum Gasteiger partial charge on any atom is 0.270 e. The first-order valence-electron chi connectivity index (χ1n) is 7.82. The van der Waals surface area contributed by atoms with Gasteiger partial charge < -0.3 is 10.6 Å². The minimum Gasteiger partial charge on any atom is -0.373 e. The topological polar surface area (TPSA) is 54.0 Å². The van der Waals surface area contributed by atoms with Crippen molar-refractivity contribution in [1.82, 2.24) is 10.3 Å². The molecule has 3 rings (SSSR count). The third-order valence-corrected chi connectivity index (χ3v) is 5.78. The Labute approximate surface area is 126 Å². The smallest absolute Gasteiger partial charge is 0.270 e. The van der Waals surface area contributed by atoms with Crippen molar-refractivity contribution in [3.63, 3.8) is 0 Å². The predicted octanol–water partition coefficient (Wildman–Crippen LogP) is 3.07. The second kappa shape index (κ2) is 4.72. The molecular weight excluding hydrogens is 262 g/mol. The van der Waals surface area contributed by atoms with Crippen molar-refractivity contribution < 1.29 is 4.79 Å². The number of carbonyl (C=O) groups is 1. The molecule has 0 aliphatic heterocycles. The first kappa shape index (κ1) is 14.4. The van der Waals surface area contributed by atoms with Gasteiger partial charge in [-0.25, -0.2) is 4.98 Å². The Morgan fingerprint density at radius 1 is 1.33 bits per heavy atom. The number of amides is 1. The molecule has 0 aromatic carbocycles. The third-order valence-electron chi connectivity index (χ3n) is 5.78. The standard InChI is InChI=1S/C17H25N3O/c1-16(2)11-8-9-17(3,10-11)15(16)20-14(21)12-6-5-7-13(18-4)19-12/h5-7,11,15H,8-10H2,1-4H3,(H,18,19)(H,20,21). The monoisotopic (exact) mass is 287 g/mol. The van der Waals surface area contributed by atoms with Crippen LogP contribution in [0.3, 0.4) is 0 Å². The van der Waals surface area contributed by atoms with Crippen molar-refractivity contribution in [2.24, 2.45) is 16.7 Å². The van der Waals surface area contributed by atoms with Gasteiger partial charge in [-0.2, -0.15) is 0 Å². The molecule has 114 valence electrons. The molecule has 1 amide bonds. The minimum absolute atomic E-state index is 0.0565. The molecule has 2 N–H and O–H groups in total. The van der Waals surface area contributed by atoms with E-state index in [1.807, 2.05) is 19.2 Å². The Hall–Kier alpha value is -1.58. The molecule has 2 fully saturated rings. The fourth-order valence-corrected chi connectivity index (χ4v) is 4.57. The Morgan fingerprint density at radius 2 is 2.10 bits per heavy atom. The number of nitrogens with zero attached hydrogens (tertiary/aromatic N) is 1. The molecule has 2 saturated carbocycles. The zero-order valence-electron chi connectivity index (χ0n) is 13.4. The van der Waals surface area contributed by atoms with E-state index in [-0.39, 0.29) is 22.8 Å². The largest absolute Gasteiger partial charge is 0.373 e. The van der Waals surface area contributed by atoms with Crippen LogP contribution in [0.15, 0.2) is 18.2 Å². The lowest BCUT2D eigenvalue weighted by Gasteiger charge is -2.43. The van der Waals surface area contributed by atoms with E-state index in [9.17, 15) is 4.79 Å². The summed E-state index contributed by atoms with van der Waals surface area (Å²) in [6.45, 7) is 6.92. The Balaban J connectivity index is 1.81. The second-order valence-corrected chi connectivity index (χ2v) is 7.48. The Morgan fingerprint density at radius 3 is 2.71 bits per heavy atom. The lowest BCUT2D eigenvalue weighted by molar-refractivity contribution is 0.0733. The SMILES string of the molecule is CNc1cccc(C(=O)NC2C3(C)CCC(C3)C2(C)C)n1. The van der Waals surface area contributed by atoms with Crippen LogP contribution in [0.25, 0.3) is 0 Å². The molecule has 3 atom stereocenters. The van der Waals surface area contributed by atoms with Crippen molar-refractivity contribution in [3.8, 4) is 0 Å². The molecule has 4 nitrogen and oxygen atoms in total. The molecule has 1 aromatic heterocycles. The summed E-state index contributed by atoms with van der Waals surface area (Å²) in [4.78, 5) is 16.9. The average molecular weight is 287 g/mol. The molecule has 0 saturated heterocycles. The molecule has 1 heterocycles. The first-order valence-corrected chi connectivity index (χ1v) is 7.82. The molecule has 2 aliphatic carbocycles. The highest BCUT2D eigenvalue weighted by Gasteiger charge is 2.59. The normalized spacial score (nSPS) is 33.0. The molecule has 21 heavy (non-hydrogen) atoms. The van der Waals surface area contributed by atoms with Crippen LogP contribution in [0.2, 0.25) is 0 Å². The molecule has 0 spiro atoms. The van der Waals surface area contributed by atoms with Crippen molar-refractivity contribution in [2.45, 2.75) is 46.1 Å². The lowest BCUT2D eigenvalue weighted by atomic mass is 9.68. The first-order chi connectivity index (χ1) is 9.87. The zero-order chi connectivity index (χ0) is 15.3. The lowest BCUT2D eigenvalue weighted by Crippen LogP contribution is -2.52. The van der Waals surface area contributed by atoms with E-state index in [2.05, 4.69) is 36.4 Å². The van der Waals surface area contributed by atoms with Gasteiger partial charge in [-0.3, -0.25) is 4.79 Å². The van der Waals surface area contributed by atoms with Crippen molar-refractivity contribution in [3.05, 3.63) is 23.9 Å². The number of hydrogen-bond donors (Lipinski definition) is 2. The summed E-state index contributed by atoms with van der Waals surface area (Å²) in [5.41, 5.74) is 0.900. The number of rotatable bonds is 3. The van der Waals surface area contributed by atoms with Crippen molar-refractivity contribution in [1.29, 1.82) is 0 Å².